The maximum Gasteiger partial charge on any atom is 0.306 e. The highest BCUT2D eigenvalue weighted by Crippen LogP contribution is 2.15. The SMILES string of the molecule is Cc1cccc(C)c1COC(=O)CCc1ccc(N)cc1. The van der Waals surface area contributed by atoms with E-state index in [9.17, 15) is 4.79 Å². The molecule has 21 heavy (non-hydrogen) atoms. The lowest BCUT2D eigenvalue weighted by atomic mass is 10.0. The van der Waals surface area contributed by atoms with Crippen LogP contribution >= 0.6 is 0 Å². The first kappa shape index (κ1) is 15.1. The number of ether oxygens (including phenoxy) is 1. The minimum absolute atomic E-state index is 0.172. The largest absolute Gasteiger partial charge is 0.461 e. The fourth-order valence-corrected chi connectivity index (χ4v) is 2.23. The number of benzene rings is 2. The van der Waals surface area contributed by atoms with E-state index in [0.717, 1.165) is 27.9 Å². The van der Waals surface area contributed by atoms with E-state index in [2.05, 4.69) is 0 Å². The van der Waals surface area contributed by atoms with Crippen LogP contribution in [0.3, 0.4) is 0 Å². The lowest BCUT2D eigenvalue weighted by Crippen LogP contribution is -2.07. The first-order chi connectivity index (χ1) is 10.1. The van der Waals surface area contributed by atoms with Crippen molar-refractivity contribution in [1.82, 2.24) is 0 Å². The van der Waals surface area contributed by atoms with Gasteiger partial charge in [-0.15, -0.1) is 0 Å². The number of hydrogen-bond acceptors (Lipinski definition) is 3. The second-order valence-corrected chi connectivity index (χ2v) is 5.27. The lowest BCUT2D eigenvalue weighted by molar-refractivity contribution is -0.144. The van der Waals surface area contributed by atoms with E-state index >= 15 is 0 Å². The standard InChI is InChI=1S/C18H21NO2/c1-13-4-3-5-14(2)17(13)12-21-18(20)11-8-15-6-9-16(19)10-7-15/h3-7,9-10H,8,11-12,19H2,1-2H3. The summed E-state index contributed by atoms with van der Waals surface area (Å²) in [5, 5.41) is 0. The second kappa shape index (κ2) is 6.93. The van der Waals surface area contributed by atoms with E-state index in [1.54, 1.807) is 0 Å². The molecule has 0 amide bonds. The summed E-state index contributed by atoms with van der Waals surface area (Å²) in [7, 11) is 0. The fourth-order valence-electron chi connectivity index (χ4n) is 2.23. The average molecular weight is 283 g/mol. The Kier molecular flexibility index (Phi) is 4.99. The van der Waals surface area contributed by atoms with E-state index in [-0.39, 0.29) is 5.97 Å². The highest BCUT2D eigenvalue weighted by Gasteiger charge is 2.07. The third kappa shape index (κ3) is 4.35. The van der Waals surface area contributed by atoms with Gasteiger partial charge in [0.1, 0.15) is 6.61 Å². The molecule has 110 valence electrons. The molecule has 0 aliphatic carbocycles. The number of carbonyl (C=O) groups is 1. The average Bonchev–Trinajstić information content (AvgIpc) is 2.46. The quantitative estimate of drug-likeness (QED) is 0.674. The molecule has 3 nitrogen and oxygen atoms in total. The minimum Gasteiger partial charge on any atom is -0.461 e. The number of rotatable bonds is 5. The maximum atomic E-state index is 11.8. The molecule has 0 saturated carbocycles. The molecular formula is C18H21NO2. The van der Waals surface area contributed by atoms with Gasteiger partial charge >= 0.3 is 5.97 Å². The van der Waals surface area contributed by atoms with Crippen molar-refractivity contribution in [2.75, 3.05) is 5.73 Å². The number of nitrogens with two attached hydrogens (primary N) is 1. The van der Waals surface area contributed by atoms with Gasteiger partial charge < -0.3 is 10.5 Å². The normalized spacial score (nSPS) is 10.4. The van der Waals surface area contributed by atoms with Crippen molar-refractivity contribution in [1.29, 1.82) is 0 Å². The lowest BCUT2D eigenvalue weighted by Gasteiger charge is -2.10. The number of aryl methyl sites for hydroxylation is 3. The van der Waals surface area contributed by atoms with Gasteiger partial charge in [0.05, 0.1) is 0 Å². The molecule has 2 N–H and O–H groups in total. The van der Waals surface area contributed by atoms with Crippen molar-refractivity contribution in [2.45, 2.75) is 33.3 Å². The summed E-state index contributed by atoms with van der Waals surface area (Å²) in [5.41, 5.74) is 10.9. The Morgan fingerprint density at radius 3 is 2.29 bits per heavy atom. The Hall–Kier alpha value is -2.29. The molecule has 0 aliphatic heterocycles. The molecule has 0 spiro atoms. The minimum atomic E-state index is -0.172. The van der Waals surface area contributed by atoms with Crippen LogP contribution in [0.25, 0.3) is 0 Å². The number of carbonyl (C=O) groups excluding carboxylic acids is 1. The number of anilines is 1. The van der Waals surface area contributed by atoms with Crippen LogP contribution in [0.15, 0.2) is 42.5 Å². The van der Waals surface area contributed by atoms with Crippen LogP contribution in [0.1, 0.15) is 28.7 Å². The Labute approximate surface area is 125 Å². The third-order valence-electron chi connectivity index (χ3n) is 3.62. The van der Waals surface area contributed by atoms with Crippen molar-refractivity contribution in [3.63, 3.8) is 0 Å². The molecule has 0 bridgehead atoms. The Morgan fingerprint density at radius 1 is 1.05 bits per heavy atom. The van der Waals surface area contributed by atoms with Crippen LogP contribution in [0.5, 0.6) is 0 Å². The van der Waals surface area contributed by atoms with Gasteiger partial charge in [-0.3, -0.25) is 4.79 Å². The molecule has 0 radical (unpaired) electrons. The summed E-state index contributed by atoms with van der Waals surface area (Å²) in [6, 6.07) is 13.6. The molecule has 0 unspecified atom stereocenters. The van der Waals surface area contributed by atoms with Crippen molar-refractivity contribution in [3.05, 3.63) is 64.7 Å². The summed E-state index contributed by atoms with van der Waals surface area (Å²) in [5.74, 6) is -0.172. The van der Waals surface area contributed by atoms with E-state index in [1.807, 2.05) is 56.3 Å². The predicted molar refractivity (Wildman–Crippen MR) is 84.9 cm³/mol. The van der Waals surface area contributed by atoms with Crippen LogP contribution in [0, 0.1) is 13.8 Å². The molecular weight excluding hydrogens is 262 g/mol. The van der Waals surface area contributed by atoms with Gasteiger partial charge in [-0.2, -0.15) is 0 Å². The molecule has 0 aromatic heterocycles. The van der Waals surface area contributed by atoms with E-state index in [4.69, 9.17) is 10.5 Å². The Balaban J connectivity index is 1.84. The van der Waals surface area contributed by atoms with Crippen LogP contribution in [0.2, 0.25) is 0 Å². The molecule has 0 aliphatic rings. The number of nitrogen functional groups attached to an aromatic ring is 1. The Morgan fingerprint density at radius 2 is 1.67 bits per heavy atom. The van der Waals surface area contributed by atoms with Crippen molar-refractivity contribution < 1.29 is 9.53 Å². The zero-order valence-electron chi connectivity index (χ0n) is 12.6. The van der Waals surface area contributed by atoms with E-state index in [0.29, 0.717) is 19.4 Å². The summed E-state index contributed by atoms with van der Waals surface area (Å²) in [6.07, 6.45) is 1.06. The molecule has 2 aromatic carbocycles. The van der Waals surface area contributed by atoms with Crippen LogP contribution in [-0.2, 0) is 22.6 Å². The topological polar surface area (TPSA) is 52.3 Å². The van der Waals surface area contributed by atoms with Gasteiger partial charge in [-0.05, 0) is 54.7 Å². The smallest absolute Gasteiger partial charge is 0.306 e. The van der Waals surface area contributed by atoms with Crippen molar-refractivity contribution in [2.24, 2.45) is 0 Å². The van der Waals surface area contributed by atoms with Crippen LogP contribution in [0.4, 0.5) is 5.69 Å². The van der Waals surface area contributed by atoms with E-state index in [1.165, 1.54) is 0 Å². The van der Waals surface area contributed by atoms with Gasteiger partial charge in [0, 0.05) is 12.1 Å². The van der Waals surface area contributed by atoms with Gasteiger partial charge in [0.25, 0.3) is 0 Å². The zero-order valence-corrected chi connectivity index (χ0v) is 12.6. The first-order valence-corrected chi connectivity index (χ1v) is 7.11. The van der Waals surface area contributed by atoms with E-state index < -0.39 is 0 Å². The molecule has 2 rings (SSSR count). The van der Waals surface area contributed by atoms with Crippen LogP contribution in [-0.4, -0.2) is 5.97 Å². The van der Waals surface area contributed by atoms with Crippen molar-refractivity contribution >= 4 is 11.7 Å². The summed E-state index contributed by atoms with van der Waals surface area (Å²) < 4.78 is 5.37. The fraction of sp³-hybridized carbons (Fsp3) is 0.278. The number of hydrogen-bond donors (Lipinski definition) is 1. The Bertz CT molecular complexity index is 597. The highest BCUT2D eigenvalue weighted by molar-refractivity contribution is 5.69. The highest BCUT2D eigenvalue weighted by atomic mass is 16.5. The molecule has 0 heterocycles. The monoisotopic (exact) mass is 283 g/mol. The molecule has 2 aromatic rings. The molecule has 0 fully saturated rings. The molecule has 3 heteroatoms. The molecule has 0 atom stereocenters. The van der Waals surface area contributed by atoms with Gasteiger partial charge in [0.2, 0.25) is 0 Å². The summed E-state index contributed by atoms with van der Waals surface area (Å²) >= 11 is 0. The van der Waals surface area contributed by atoms with Gasteiger partial charge in [-0.1, -0.05) is 30.3 Å². The van der Waals surface area contributed by atoms with Crippen molar-refractivity contribution in [3.8, 4) is 0 Å². The van der Waals surface area contributed by atoms with Gasteiger partial charge in [0.15, 0.2) is 0 Å². The second-order valence-electron chi connectivity index (χ2n) is 5.27. The number of esters is 1. The predicted octanol–water partition coefficient (Wildman–Crippen LogP) is 3.56. The first-order valence-electron chi connectivity index (χ1n) is 7.11. The third-order valence-corrected chi connectivity index (χ3v) is 3.62. The maximum absolute atomic E-state index is 11.8. The zero-order chi connectivity index (χ0) is 15.2. The summed E-state index contributed by atoms with van der Waals surface area (Å²) in [4.78, 5) is 11.8. The summed E-state index contributed by atoms with van der Waals surface area (Å²) in [6.45, 7) is 4.41. The van der Waals surface area contributed by atoms with Crippen LogP contribution < -0.4 is 5.73 Å². The molecule has 0 saturated heterocycles. The van der Waals surface area contributed by atoms with Gasteiger partial charge in [-0.25, -0.2) is 0 Å².